The van der Waals surface area contributed by atoms with Crippen LogP contribution >= 0.6 is 0 Å². The second-order valence-electron chi connectivity index (χ2n) is 5.60. The summed E-state index contributed by atoms with van der Waals surface area (Å²) in [6.45, 7) is 9.84. The van der Waals surface area contributed by atoms with E-state index in [2.05, 4.69) is 34.6 Å². The molecule has 0 radical (unpaired) electrons. The fraction of sp³-hybridized carbons (Fsp3) is 0.733. The molecule has 0 spiro atoms. The first-order valence-corrected chi connectivity index (χ1v) is 7.84. The molecule has 0 unspecified atom stereocenters. The summed E-state index contributed by atoms with van der Waals surface area (Å²) in [5, 5.41) is 13.5. The summed E-state index contributed by atoms with van der Waals surface area (Å²) in [6.07, 6.45) is 1.99. The zero-order chi connectivity index (χ0) is 15.2. The largest absolute Gasteiger partial charge is 0.480 e. The van der Waals surface area contributed by atoms with Gasteiger partial charge in [0.15, 0.2) is 0 Å². The van der Waals surface area contributed by atoms with Crippen LogP contribution in [0.4, 0.5) is 0 Å². The van der Waals surface area contributed by atoms with Crippen molar-refractivity contribution in [2.24, 2.45) is 0 Å². The third-order valence-electron chi connectivity index (χ3n) is 4.00. The van der Waals surface area contributed by atoms with Crippen molar-refractivity contribution in [3.05, 3.63) is 17.5 Å². The zero-order valence-electron chi connectivity index (χ0n) is 13.1. The predicted octanol–water partition coefficient (Wildman–Crippen LogP) is 1.06. The van der Waals surface area contributed by atoms with Crippen LogP contribution in [0.2, 0.25) is 0 Å². The SMILES string of the molecule is CCc1cc(CN2CCCN(CC(=O)O)CC2)n(CC)n1. The molecule has 6 heteroatoms. The Morgan fingerprint density at radius 2 is 1.95 bits per heavy atom. The van der Waals surface area contributed by atoms with Crippen molar-refractivity contribution in [1.82, 2.24) is 19.6 Å². The quantitative estimate of drug-likeness (QED) is 0.850. The molecule has 0 atom stereocenters. The molecule has 1 aromatic rings. The minimum absolute atomic E-state index is 0.153. The molecule has 0 bridgehead atoms. The van der Waals surface area contributed by atoms with Gasteiger partial charge in [0.1, 0.15) is 0 Å². The van der Waals surface area contributed by atoms with Crippen LogP contribution in [0.25, 0.3) is 0 Å². The van der Waals surface area contributed by atoms with Gasteiger partial charge in [-0.05, 0) is 32.4 Å². The molecule has 0 saturated carbocycles. The van der Waals surface area contributed by atoms with E-state index in [4.69, 9.17) is 5.11 Å². The number of nitrogens with zero attached hydrogens (tertiary/aromatic N) is 4. The molecule has 6 nitrogen and oxygen atoms in total. The van der Waals surface area contributed by atoms with Crippen LogP contribution in [0.15, 0.2) is 6.07 Å². The van der Waals surface area contributed by atoms with Crippen LogP contribution in [0, 0.1) is 0 Å². The Bertz CT molecular complexity index is 472. The second kappa shape index (κ2) is 7.56. The van der Waals surface area contributed by atoms with E-state index in [0.717, 1.165) is 57.8 Å². The van der Waals surface area contributed by atoms with Crippen molar-refractivity contribution >= 4 is 5.97 Å². The summed E-state index contributed by atoms with van der Waals surface area (Å²) in [7, 11) is 0. The minimum Gasteiger partial charge on any atom is -0.480 e. The highest BCUT2D eigenvalue weighted by Crippen LogP contribution is 2.11. The van der Waals surface area contributed by atoms with Crippen LogP contribution in [-0.4, -0.2) is 63.4 Å². The Hall–Kier alpha value is -1.40. The fourth-order valence-corrected chi connectivity index (χ4v) is 2.85. The minimum atomic E-state index is -0.736. The van der Waals surface area contributed by atoms with Crippen molar-refractivity contribution < 1.29 is 9.90 Å². The number of carbonyl (C=O) groups is 1. The number of aliphatic carboxylic acids is 1. The molecule has 2 rings (SSSR count). The van der Waals surface area contributed by atoms with Crippen LogP contribution in [-0.2, 0) is 24.3 Å². The lowest BCUT2D eigenvalue weighted by Crippen LogP contribution is -2.34. The molecule has 1 aliphatic heterocycles. The summed E-state index contributed by atoms with van der Waals surface area (Å²) in [6, 6.07) is 2.20. The summed E-state index contributed by atoms with van der Waals surface area (Å²) in [5.41, 5.74) is 2.41. The van der Waals surface area contributed by atoms with E-state index in [-0.39, 0.29) is 6.54 Å². The van der Waals surface area contributed by atoms with Gasteiger partial charge in [-0.15, -0.1) is 0 Å². The van der Waals surface area contributed by atoms with Gasteiger partial charge in [0, 0.05) is 32.7 Å². The number of hydrogen-bond acceptors (Lipinski definition) is 4. The standard InChI is InChI=1S/C15H26N4O2/c1-3-13-10-14(19(4-2)16-13)11-17-6-5-7-18(9-8-17)12-15(20)21/h10H,3-9,11-12H2,1-2H3,(H,20,21). The van der Waals surface area contributed by atoms with Crippen molar-refractivity contribution in [1.29, 1.82) is 0 Å². The summed E-state index contributed by atoms with van der Waals surface area (Å²) in [5.74, 6) is -0.736. The van der Waals surface area contributed by atoms with Gasteiger partial charge in [-0.1, -0.05) is 6.92 Å². The Labute approximate surface area is 126 Å². The Balaban J connectivity index is 1.94. The first-order valence-electron chi connectivity index (χ1n) is 7.84. The number of aryl methyl sites for hydroxylation is 2. The van der Waals surface area contributed by atoms with Gasteiger partial charge in [0.25, 0.3) is 0 Å². The van der Waals surface area contributed by atoms with Crippen LogP contribution in [0.3, 0.4) is 0 Å². The van der Waals surface area contributed by atoms with Gasteiger partial charge >= 0.3 is 5.97 Å². The average Bonchev–Trinajstić information content (AvgIpc) is 2.72. The van der Waals surface area contributed by atoms with E-state index in [0.29, 0.717) is 0 Å². The number of carboxylic acids is 1. The van der Waals surface area contributed by atoms with Gasteiger partial charge in [0.05, 0.1) is 17.9 Å². The van der Waals surface area contributed by atoms with Crippen LogP contribution in [0.5, 0.6) is 0 Å². The van der Waals surface area contributed by atoms with Crippen LogP contribution in [0.1, 0.15) is 31.7 Å². The number of aromatic nitrogens is 2. The van der Waals surface area contributed by atoms with Crippen molar-refractivity contribution in [3.63, 3.8) is 0 Å². The monoisotopic (exact) mass is 294 g/mol. The predicted molar refractivity (Wildman–Crippen MR) is 81.2 cm³/mol. The van der Waals surface area contributed by atoms with E-state index < -0.39 is 5.97 Å². The molecule has 0 aliphatic carbocycles. The molecule has 2 heterocycles. The van der Waals surface area contributed by atoms with Gasteiger partial charge in [0.2, 0.25) is 0 Å². The Morgan fingerprint density at radius 1 is 1.24 bits per heavy atom. The van der Waals surface area contributed by atoms with Gasteiger partial charge in [-0.25, -0.2) is 0 Å². The molecule has 1 saturated heterocycles. The van der Waals surface area contributed by atoms with E-state index in [9.17, 15) is 4.79 Å². The third kappa shape index (κ3) is 4.54. The molecule has 1 aliphatic rings. The zero-order valence-corrected chi connectivity index (χ0v) is 13.1. The summed E-state index contributed by atoms with van der Waals surface area (Å²) in [4.78, 5) is 15.2. The first-order chi connectivity index (χ1) is 10.1. The lowest BCUT2D eigenvalue weighted by molar-refractivity contribution is -0.138. The maximum atomic E-state index is 10.8. The van der Waals surface area contributed by atoms with Crippen molar-refractivity contribution in [2.75, 3.05) is 32.7 Å². The maximum absolute atomic E-state index is 10.8. The Morgan fingerprint density at radius 3 is 2.62 bits per heavy atom. The smallest absolute Gasteiger partial charge is 0.317 e. The third-order valence-corrected chi connectivity index (χ3v) is 4.00. The van der Waals surface area contributed by atoms with Crippen molar-refractivity contribution in [2.45, 2.75) is 39.8 Å². The molecule has 21 heavy (non-hydrogen) atoms. The number of carboxylic acid groups (broad SMARTS) is 1. The first kappa shape index (κ1) is 16.0. The Kier molecular flexibility index (Phi) is 5.76. The lowest BCUT2D eigenvalue weighted by Gasteiger charge is -2.21. The second-order valence-corrected chi connectivity index (χ2v) is 5.60. The molecular weight excluding hydrogens is 268 g/mol. The highest BCUT2D eigenvalue weighted by Gasteiger charge is 2.18. The van der Waals surface area contributed by atoms with E-state index >= 15 is 0 Å². The molecule has 0 amide bonds. The van der Waals surface area contributed by atoms with Gasteiger partial charge in [-0.3, -0.25) is 19.3 Å². The van der Waals surface area contributed by atoms with E-state index in [1.807, 2.05) is 4.90 Å². The van der Waals surface area contributed by atoms with E-state index in [1.54, 1.807) is 0 Å². The highest BCUT2D eigenvalue weighted by molar-refractivity contribution is 5.69. The van der Waals surface area contributed by atoms with E-state index in [1.165, 1.54) is 5.69 Å². The average molecular weight is 294 g/mol. The molecule has 1 fully saturated rings. The van der Waals surface area contributed by atoms with Gasteiger partial charge < -0.3 is 5.11 Å². The van der Waals surface area contributed by atoms with Crippen molar-refractivity contribution in [3.8, 4) is 0 Å². The van der Waals surface area contributed by atoms with Crippen LogP contribution < -0.4 is 0 Å². The molecule has 118 valence electrons. The fourth-order valence-electron chi connectivity index (χ4n) is 2.85. The summed E-state index contributed by atoms with van der Waals surface area (Å²) >= 11 is 0. The number of rotatable bonds is 6. The molecule has 1 aromatic heterocycles. The van der Waals surface area contributed by atoms with Gasteiger partial charge in [-0.2, -0.15) is 5.10 Å². The molecule has 0 aromatic carbocycles. The molecule has 1 N–H and O–H groups in total. The lowest BCUT2D eigenvalue weighted by atomic mass is 10.3. The summed E-state index contributed by atoms with van der Waals surface area (Å²) < 4.78 is 2.08. The number of hydrogen-bond donors (Lipinski definition) is 1. The topological polar surface area (TPSA) is 61.6 Å². The maximum Gasteiger partial charge on any atom is 0.317 e. The normalized spacial score (nSPS) is 17.8. The highest BCUT2D eigenvalue weighted by atomic mass is 16.4. The molecular formula is C15H26N4O2.